The lowest BCUT2D eigenvalue weighted by Crippen LogP contribution is -1.97. The van der Waals surface area contributed by atoms with Gasteiger partial charge in [0.25, 0.3) is 0 Å². The van der Waals surface area contributed by atoms with Gasteiger partial charge in [0.15, 0.2) is 0 Å². The summed E-state index contributed by atoms with van der Waals surface area (Å²) in [5, 5.41) is 3.73. The Labute approximate surface area is 118 Å². The van der Waals surface area contributed by atoms with Gasteiger partial charge in [-0.15, -0.1) is 0 Å². The summed E-state index contributed by atoms with van der Waals surface area (Å²) in [6.07, 6.45) is 0. The summed E-state index contributed by atoms with van der Waals surface area (Å²) in [7, 11) is 0. The summed E-state index contributed by atoms with van der Waals surface area (Å²) in [6.45, 7) is 0. The fourth-order valence-corrected chi connectivity index (χ4v) is 1.85. The van der Waals surface area contributed by atoms with Gasteiger partial charge in [-0.05, 0) is 30.3 Å². The SMILES string of the molecule is Nc1cc(Cl)c(Cl)cc1Nc1ccc(Cl)c(F)c1. The molecule has 0 radical (unpaired) electrons. The summed E-state index contributed by atoms with van der Waals surface area (Å²) in [5.41, 5.74) is 7.26. The molecule has 2 aromatic carbocycles. The summed E-state index contributed by atoms with van der Waals surface area (Å²) in [6, 6.07) is 7.45. The second kappa shape index (κ2) is 5.22. The van der Waals surface area contributed by atoms with E-state index < -0.39 is 5.82 Å². The molecule has 0 atom stereocenters. The predicted octanol–water partition coefficient (Wildman–Crippen LogP) is 5.11. The molecule has 0 bridgehead atoms. The molecule has 2 rings (SSSR count). The second-order valence-corrected chi connectivity index (χ2v) is 4.83. The third-order valence-electron chi connectivity index (χ3n) is 2.29. The highest BCUT2D eigenvalue weighted by Gasteiger charge is 2.07. The van der Waals surface area contributed by atoms with Gasteiger partial charge in [-0.1, -0.05) is 34.8 Å². The molecule has 2 aromatic rings. The molecule has 0 saturated heterocycles. The van der Waals surface area contributed by atoms with Crippen molar-refractivity contribution in [2.45, 2.75) is 0 Å². The number of nitrogens with one attached hydrogen (secondary N) is 1. The predicted molar refractivity (Wildman–Crippen MR) is 75.6 cm³/mol. The van der Waals surface area contributed by atoms with Gasteiger partial charge in [-0.25, -0.2) is 4.39 Å². The van der Waals surface area contributed by atoms with Crippen molar-refractivity contribution in [3.05, 3.63) is 51.2 Å². The van der Waals surface area contributed by atoms with Crippen molar-refractivity contribution in [2.24, 2.45) is 0 Å². The van der Waals surface area contributed by atoms with Crippen LogP contribution in [-0.4, -0.2) is 0 Å². The van der Waals surface area contributed by atoms with Crippen molar-refractivity contribution < 1.29 is 4.39 Å². The average Bonchev–Trinajstić information content (AvgIpc) is 2.31. The molecular formula is C12H8Cl3FN2. The number of hydrogen-bond acceptors (Lipinski definition) is 2. The number of anilines is 3. The summed E-state index contributed by atoms with van der Waals surface area (Å²) in [4.78, 5) is 0. The minimum atomic E-state index is -0.514. The second-order valence-electron chi connectivity index (χ2n) is 3.61. The Bertz CT molecular complexity index is 602. The first-order valence-corrected chi connectivity index (χ1v) is 6.07. The highest BCUT2D eigenvalue weighted by molar-refractivity contribution is 6.42. The molecule has 2 nitrogen and oxygen atoms in total. The molecule has 0 aromatic heterocycles. The topological polar surface area (TPSA) is 38.0 Å². The highest BCUT2D eigenvalue weighted by Crippen LogP contribution is 2.33. The van der Waals surface area contributed by atoms with E-state index >= 15 is 0 Å². The number of rotatable bonds is 2. The molecule has 94 valence electrons. The number of benzene rings is 2. The maximum Gasteiger partial charge on any atom is 0.143 e. The lowest BCUT2D eigenvalue weighted by Gasteiger charge is -2.11. The van der Waals surface area contributed by atoms with Crippen molar-refractivity contribution in [2.75, 3.05) is 11.1 Å². The van der Waals surface area contributed by atoms with E-state index in [0.717, 1.165) is 0 Å². The van der Waals surface area contributed by atoms with Gasteiger partial charge in [0.2, 0.25) is 0 Å². The van der Waals surface area contributed by atoms with Crippen molar-refractivity contribution in [3.63, 3.8) is 0 Å². The number of hydrogen-bond donors (Lipinski definition) is 2. The van der Waals surface area contributed by atoms with Gasteiger partial charge in [-0.2, -0.15) is 0 Å². The molecule has 0 aliphatic heterocycles. The van der Waals surface area contributed by atoms with Crippen LogP contribution in [0.15, 0.2) is 30.3 Å². The Morgan fingerprint density at radius 2 is 1.61 bits per heavy atom. The first kappa shape index (κ1) is 13.3. The van der Waals surface area contributed by atoms with Gasteiger partial charge in [0.05, 0.1) is 26.4 Å². The maximum atomic E-state index is 13.3. The van der Waals surface area contributed by atoms with Crippen molar-refractivity contribution in [3.8, 4) is 0 Å². The van der Waals surface area contributed by atoms with E-state index in [1.54, 1.807) is 12.1 Å². The molecule has 0 fully saturated rings. The van der Waals surface area contributed by atoms with Gasteiger partial charge in [0, 0.05) is 5.69 Å². The average molecular weight is 306 g/mol. The Morgan fingerprint density at radius 1 is 0.944 bits per heavy atom. The normalized spacial score (nSPS) is 10.4. The molecule has 0 spiro atoms. The van der Waals surface area contributed by atoms with E-state index in [-0.39, 0.29) is 5.02 Å². The van der Waals surface area contributed by atoms with Crippen molar-refractivity contribution >= 4 is 51.9 Å². The molecule has 0 heterocycles. The first-order chi connectivity index (χ1) is 8.47. The highest BCUT2D eigenvalue weighted by atomic mass is 35.5. The summed E-state index contributed by atoms with van der Waals surface area (Å²) >= 11 is 17.3. The van der Waals surface area contributed by atoms with Crippen molar-refractivity contribution in [1.29, 1.82) is 0 Å². The van der Waals surface area contributed by atoms with Gasteiger partial charge < -0.3 is 11.1 Å². The van der Waals surface area contributed by atoms with Crippen LogP contribution in [0.4, 0.5) is 21.5 Å². The summed E-state index contributed by atoms with van der Waals surface area (Å²) in [5.74, 6) is -0.514. The van der Waals surface area contributed by atoms with Crippen LogP contribution >= 0.6 is 34.8 Å². The Hall–Kier alpha value is -1.16. The number of nitrogens with two attached hydrogens (primary N) is 1. The lowest BCUT2D eigenvalue weighted by atomic mass is 10.2. The zero-order valence-electron chi connectivity index (χ0n) is 8.98. The molecule has 0 saturated carbocycles. The van der Waals surface area contributed by atoms with Crippen LogP contribution < -0.4 is 11.1 Å². The molecular weight excluding hydrogens is 298 g/mol. The van der Waals surface area contributed by atoms with Crippen LogP contribution in [0.3, 0.4) is 0 Å². The molecule has 6 heteroatoms. The molecule has 0 aliphatic carbocycles. The minimum absolute atomic E-state index is 0.0580. The number of halogens is 4. The van der Waals surface area contributed by atoms with Crippen LogP contribution in [0.1, 0.15) is 0 Å². The molecule has 0 unspecified atom stereocenters. The van der Waals surface area contributed by atoms with E-state index in [1.807, 2.05) is 0 Å². The number of nitrogen functional groups attached to an aromatic ring is 1. The van der Waals surface area contributed by atoms with E-state index in [2.05, 4.69) is 5.32 Å². The van der Waals surface area contributed by atoms with E-state index in [0.29, 0.717) is 27.1 Å². The van der Waals surface area contributed by atoms with Crippen LogP contribution in [-0.2, 0) is 0 Å². The standard InChI is InChI=1S/C12H8Cl3FN2/c13-7-2-1-6(3-10(7)16)18-12-5-9(15)8(14)4-11(12)17/h1-5,18H,17H2. The smallest absolute Gasteiger partial charge is 0.143 e. The van der Waals surface area contributed by atoms with Crippen LogP contribution in [0.2, 0.25) is 15.1 Å². The van der Waals surface area contributed by atoms with Crippen LogP contribution in [0.25, 0.3) is 0 Å². The van der Waals surface area contributed by atoms with Gasteiger partial charge in [-0.3, -0.25) is 0 Å². The molecule has 3 N–H and O–H groups in total. The Kier molecular flexibility index (Phi) is 3.85. The summed E-state index contributed by atoms with van der Waals surface area (Å²) < 4.78 is 13.3. The van der Waals surface area contributed by atoms with E-state index in [4.69, 9.17) is 40.5 Å². The fraction of sp³-hybridized carbons (Fsp3) is 0. The van der Waals surface area contributed by atoms with Crippen molar-refractivity contribution in [1.82, 2.24) is 0 Å². The molecule has 0 aliphatic rings. The first-order valence-electron chi connectivity index (χ1n) is 4.94. The third-order valence-corrected chi connectivity index (χ3v) is 3.32. The molecule has 18 heavy (non-hydrogen) atoms. The Morgan fingerprint density at radius 3 is 2.28 bits per heavy atom. The Balaban J connectivity index is 2.34. The van der Waals surface area contributed by atoms with E-state index in [9.17, 15) is 4.39 Å². The van der Waals surface area contributed by atoms with Gasteiger partial charge >= 0.3 is 0 Å². The fourth-order valence-electron chi connectivity index (χ4n) is 1.40. The minimum Gasteiger partial charge on any atom is -0.397 e. The zero-order chi connectivity index (χ0) is 13.3. The van der Waals surface area contributed by atoms with Crippen LogP contribution in [0, 0.1) is 5.82 Å². The third kappa shape index (κ3) is 2.80. The van der Waals surface area contributed by atoms with E-state index in [1.165, 1.54) is 18.2 Å². The van der Waals surface area contributed by atoms with Gasteiger partial charge in [0.1, 0.15) is 5.82 Å². The lowest BCUT2D eigenvalue weighted by molar-refractivity contribution is 0.629. The van der Waals surface area contributed by atoms with Crippen LogP contribution in [0.5, 0.6) is 0 Å². The largest absolute Gasteiger partial charge is 0.397 e. The quantitative estimate of drug-likeness (QED) is 0.756. The molecule has 0 amide bonds. The zero-order valence-corrected chi connectivity index (χ0v) is 11.2. The maximum absolute atomic E-state index is 13.3. The monoisotopic (exact) mass is 304 g/mol.